The van der Waals surface area contributed by atoms with Crippen LogP contribution in [0.25, 0.3) is 0 Å². The van der Waals surface area contributed by atoms with Gasteiger partial charge in [-0.25, -0.2) is 12.7 Å². The lowest BCUT2D eigenvalue weighted by Crippen LogP contribution is -2.34. The van der Waals surface area contributed by atoms with Gasteiger partial charge in [-0.15, -0.1) is 0 Å². The van der Waals surface area contributed by atoms with Gasteiger partial charge < -0.3 is 9.47 Å². The van der Waals surface area contributed by atoms with Gasteiger partial charge in [0.1, 0.15) is 0 Å². The Balaban J connectivity index is 1.45. The molecule has 0 N–H and O–H groups in total. The third-order valence-electron chi connectivity index (χ3n) is 4.89. The zero-order valence-corrected chi connectivity index (χ0v) is 16.9. The second-order valence-electron chi connectivity index (χ2n) is 6.91. The molecule has 0 radical (unpaired) electrons. The highest BCUT2D eigenvalue weighted by Gasteiger charge is 2.28. The SMILES string of the molecule is Cc1cccc(CS(=O)(=O)N2CCSC(c3ccc4c(c3)OCO4)CC2)c1. The van der Waals surface area contributed by atoms with Gasteiger partial charge in [-0.3, -0.25) is 0 Å². The van der Waals surface area contributed by atoms with E-state index in [0.29, 0.717) is 13.1 Å². The van der Waals surface area contributed by atoms with Crippen LogP contribution in [0.4, 0.5) is 0 Å². The molecule has 1 fully saturated rings. The predicted octanol–water partition coefficient (Wildman–Crippen LogP) is 3.73. The number of benzene rings is 2. The van der Waals surface area contributed by atoms with Gasteiger partial charge in [0.2, 0.25) is 16.8 Å². The van der Waals surface area contributed by atoms with Crippen molar-refractivity contribution >= 4 is 21.8 Å². The predicted molar refractivity (Wildman–Crippen MR) is 108 cm³/mol. The number of rotatable bonds is 4. The van der Waals surface area contributed by atoms with Crippen LogP contribution in [0, 0.1) is 6.92 Å². The second kappa shape index (κ2) is 7.73. The molecule has 27 heavy (non-hydrogen) atoms. The van der Waals surface area contributed by atoms with Crippen LogP contribution in [0.1, 0.15) is 28.4 Å². The monoisotopic (exact) mass is 405 g/mol. The van der Waals surface area contributed by atoms with Gasteiger partial charge in [0.25, 0.3) is 0 Å². The maximum atomic E-state index is 12.9. The van der Waals surface area contributed by atoms with Crippen molar-refractivity contribution in [2.24, 2.45) is 0 Å². The smallest absolute Gasteiger partial charge is 0.231 e. The van der Waals surface area contributed by atoms with Gasteiger partial charge in [-0.1, -0.05) is 35.9 Å². The molecule has 1 unspecified atom stereocenters. The van der Waals surface area contributed by atoms with Crippen molar-refractivity contribution in [3.05, 3.63) is 59.2 Å². The summed E-state index contributed by atoms with van der Waals surface area (Å²) in [6.07, 6.45) is 0.789. The topological polar surface area (TPSA) is 55.8 Å². The van der Waals surface area contributed by atoms with E-state index < -0.39 is 10.0 Å². The number of hydrogen-bond donors (Lipinski definition) is 0. The molecule has 1 saturated heterocycles. The van der Waals surface area contributed by atoms with Gasteiger partial charge in [-0.05, 0) is 36.6 Å². The first-order valence-electron chi connectivity index (χ1n) is 9.06. The van der Waals surface area contributed by atoms with Crippen molar-refractivity contribution in [3.8, 4) is 11.5 Å². The largest absolute Gasteiger partial charge is 0.454 e. The summed E-state index contributed by atoms with van der Waals surface area (Å²) in [5, 5.41) is 0.263. The number of sulfonamides is 1. The molecular weight excluding hydrogens is 382 g/mol. The van der Waals surface area contributed by atoms with Crippen LogP contribution in [-0.4, -0.2) is 38.4 Å². The molecule has 0 amide bonds. The van der Waals surface area contributed by atoms with Crippen molar-refractivity contribution in [1.29, 1.82) is 0 Å². The lowest BCUT2D eigenvalue weighted by Gasteiger charge is -2.20. The number of thioether (sulfide) groups is 1. The molecule has 2 aromatic rings. The van der Waals surface area contributed by atoms with Crippen molar-refractivity contribution in [1.82, 2.24) is 4.31 Å². The Morgan fingerprint density at radius 3 is 2.81 bits per heavy atom. The molecule has 0 aliphatic carbocycles. The van der Waals surface area contributed by atoms with Crippen LogP contribution in [0.5, 0.6) is 11.5 Å². The molecule has 2 aliphatic heterocycles. The minimum absolute atomic E-state index is 0.0635. The van der Waals surface area contributed by atoms with Gasteiger partial charge in [0.15, 0.2) is 11.5 Å². The summed E-state index contributed by atoms with van der Waals surface area (Å²) in [5.74, 6) is 2.40. The molecule has 2 aromatic carbocycles. The highest BCUT2D eigenvalue weighted by atomic mass is 32.2. The summed E-state index contributed by atoms with van der Waals surface area (Å²) in [7, 11) is -3.32. The van der Waals surface area contributed by atoms with Crippen LogP contribution in [-0.2, 0) is 15.8 Å². The zero-order chi connectivity index (χ0) is 18.9. The Kier molecular flexibility index (Phi) is 5.34. The molecule has 1 atom stereocenters. The molecule has 2 heterocycles. The maximum absolute atomic E-state index is 12.9. The van der Waals surface area contributed by atoms with Crippen molar-refractivity contribution in [2.75, 3.05) is 25.6 Å². The molecule has 5 nitrogen and oxygen atoms in total. The van der Waals surface area contributed by atoms with Gasteiger partial charge in [-0.2, -0.15) is 11.8 Å². The van der Waals surface area contributed by atoms with Crippen molar-refractivity contribution in [2.45, 2.75) is 24.3 Å². The first-order chi connectivity index (χ1) is 13.0. The normalized spacial score (nSPS) is 20.4. The van der Waals surface area contributed by atoms with E-state index in [0.717, 1.165) is 34.8 Å². The lowest BCUT2D eigenvalue weighted by atomic mass is 10.1. The van der Waals surface area contributed by atoms with Gasteiger partial charge in [0.05, 0.1) is 5.75 Å². The number of fused-ring (bicyclic) bond motifs is 1. The Hall–Kier alpha value is -1.70. The number of ether oxygens (including phenoxy) is 2. The molecule has 7 heteroatoms. The minimum atomic E-state index is -3.32. The maximum Gasteiger partial charge on any atom is 0.231 e. The number of nitrogens with zero attached hydrogens (tertiary/aromatic N) is 1. The lowest BCUT2D eigenvalue weighted by molar-refractivity contribution is 0.174. The molecule has 144 valence electrons. The minimum Gasteiger partial charge on any atom is -0.454 e. The third-order valence-corrected chi connectivity index (χ3v) is 8.07. The Morgan fingerprint density at radius 2 is 1.96 bits per heavy atom. The van der Waals surface area contributed by atoms with Gasteiger partial charge >= 0.3 is 0 Å². The van der Waals surface area contributed by atoms with Crippen LogP contribution in [0.2, 0.25) is 0 Å². The fourth-order valence-electron chi connectivity index (χ4n) is 3.51. The molecule has 4 rings (SSSR count). The Bertz CT molecular complexity index is 929. The summed E-state index contributed by atoms with van der Waals surface area (Å²) >= 11 is 1.81. The Morgan fingerprint density at radius 1 is 1.11 bits per heavy atom. The van der Waals surface area contributed by atoms with Crippen LogP contribution in [0.3, 0.4) is 0 Å². The second-order valence-corrected chi connectivity index (χ2v) is 10.2. The summed E-state index contributed by atoms with van der Waals surface area (Å²) < 4.78 is 38.3. The van der Waals surface area contributed by atoms with E-state index in [9.17, 15) is 8.42 Å². The highest BCUT2D eigenvalue weighted by Crippen LogP contribution is 2.40. The molecule has 0 bridgehead atoms. The molecular formula is C20H23NO4S2. The quantitative estimate of drug-likeness (QED) is 0.776. The standard InChI is InChI=1S/C20H23NO4S2/c1-15-3-2-4-16(11-15)13-27(22,23)21-8-7-20(26-10-9-21)17-5-6-18-19(12-17)25-14-24-18/h2-6,11-12,20H,7-10,13-14H2,1H3. The van der Waals surface area contributed by atoms with E-state index >= 15 is 0 Å². The van der Waals surface area contributed by atoms with E-state index in [-0.39, 0.29) is 17.8 Å². The zero-order valence-electron chi connectivity index (χ0n) is 15.3. The Labute approximate surface area is 164 Å². The van der Waals surface area contributed by atoms with E-state index in [1.54, 1.807) is 4.31 Å². The first kappa shape index (κ1) is 18.7. The molecule has 0 spiro atoms. The molecule has 0 aromatic heterocycles. The first-order valence-corrected chi connectivity index (χ1v) is 11.7. The van der Waals surface area contributed by atoms with Crippen molar-refractivity contribution in [3.63, 3.8) is 0 Å². The average molecular weight is 406 g/mol. The fourth-order valence-corrected chi connectivity index (χ4v) is 6.38. The van der Waals surface area contributed by atoms with E-state index in [1.807, 2.05) is 55.1 Å². The average Bonchev–Trinajstić information content (AvgIpc) is 2.95. The molecule has 2 aliphatic rings. The van der Waals surface area contributed by atoms with Gasteiger partial charge in [0, 0.05) is 24.1 Å². The van der Waals surface area contributed by atoms with Crippen molar-refractivity contribution < 1.29 is 17.9 Å². The highest BCUT2D eigenvalue weighted by molar-refractivity contribution is 7.99. The van der Waals surface area contributed by atoms with Crippen LogP contribution < -0.4 is 9.47 Å². The van der Waals surface area contributed by atoms with E-state index in [4.69, 9.17) is 9.47 Å². The molecule has 0 saturated carbocycles. The van der Waals surface area contributed by atoms with Crippen LogP contribution >= 0.6 is 11.8 Å². The van der Waals surface area contributed by atoms with E-state index in [1.165, 1.54) is 5.56 Å². The number of hydrogen-bond acceptors (Lipinski definition) is 5. The summed E-state index contributed by atoms with van der Waals surface area (Å²) in [6, 6.07) is 13.7. The summed E-state index contributed by atoms with van der Waals surface area (Å²) in [5.41, 5.74) is 3.10. The van der Waals surface area contributed by atoms with E-state index in [2.05, 4.69) is 6.07 Å². The van der Waals surface area contributed by atoms with Crippen LogP contribution in [0.15, 0.2) is 42.5 Å². The summed E-state index contributed by atoms with van der Waals surface area (Å²) in [6.45, 7) is 3.34. The third kappa shape index (κ3) is 4.25. The fraction of sp³-hybridized carbons (Fsp3) is 0.400. The summed E-state index contributed by atoms with van der Waals surface area (Å²) in [4.78, 5) is 0. The number of aryl methyl sites for hydroxylation is 1.